The van der Waals surface area contributed by atoms with Crippen LogP contribution in [0.5, 0.6) is 0 Å². The van der Waals surface area contributed by atoms with Crippen LogP contribution >= 0.6 is 0 Å². The molecule has 0 aliphatic heterocycles. The summed E-state index contributed by atoms with van der Waals surface area (Å²) >= 11 is 0. The van der Waals surface area contributed by atoms with E-state index in [1.807, 2.05) is 0 Å². The highest BCUT2D eigenvalue weighted by Crippen LogP contribution is 2.39. The summed E-state index contributed by atoms with van der Waals surface area (Å²) in [5.41, 5.74) is -0.399. The number of amides is 1. The molecule has 1 aliphatic rings. The summed E-state index contributed by atoms with van der Waals surface area (Å²) in [5, 5.41) is 12.1. The molecule has 0 saturated heterocycles. The zero-order valence-electron chi connectivity index (χ0n) is 12.4. The monoisotopic (exact) mass is 291 g/mol. The average Bonchev–Trinajstić information content (AvgIpc) is 2.94. The maximum Gasteiger partial charge on any atom is 0.354 e. The Bertz CT molecular complexity index is 537. The van der Waals surface area contributed by atoms with Crippen molar-refractivity contribution in [2.75, 3.05) is 26.0 Å². The molecule has 1 aromatic rings. The number of rotatable bonds is 5. The molecule has 0 bridgehead atoms. The molecule has 1 heterocycles. The summed E-state index contributed by atoms with van der Waals surface area (Å²) in [7, 11) is 3.54. The van der Waals surface area contributed by atoms with Gasteiger partial charge in [0.25, 0.3) is 0 Å². The summed E-state index contributed by atoms with van der Waals surface area (Å²) in [6, 6.07) is 4.81. The lowest BCUT2D eigenvalue weighted by molar-refractivity contribution is -0.138. The van der Waals surface area contributed by atoms with Gasteiger partial charge in [-0.2, -0.15) is 0 Å². The molecular weight excluding hydrogens is 270 g/mol. The van der Waals surface area contributed by atoms with E-state index in [0.717, 1.165) is 25.7 Å². The maximum absolute atomic E-state index is 12.4. The molecule has 2 N–H and O–H groups in total. The highest BCUT2D eigenvalue weighted by molar-refractivity contribution is 5.86. The van der Waals surface area contributed by atoms with Crippen LogP contribution in [0.4, 0.5) is 5.82 Å². The molecule has 0 atom stereocenters. The van der Waals surface area contributed by atoms with Crippen LogP contribution < -0.4 is 5.32 Å². The fraction of sp³-hybridized carbons (Fsp3) is 0.533. The molecule has 0 radical (unpaired) electrons. The first kappa shape index (κ1) is 15.3. The van der Waals surface area contributed by atoms with Crippen molar-refractivity contribution in [1.82, 2.24) is 9.88 Å². The molecule has 1 amide bonds. The van der Waals surface area contributed by atoms with Crippen molar-refractivity contribution in [3.8, 4) is 0 Å². The predicted molar refractivity (Wildman–Crippen MR) is 79.3 cm³/mol. The van der Waals surface area contributed by atoms with E-state index in [2.05, 4.69) is 10.3 Å². The minimum absolute atomic E-state index is 0.000548. The highest BCUT2D eigenvalue weighted by Gasteiger charge is 2.41. The smallest absolute Gasteiger partial charge is 0.354 e. The quantitative estimate of drug-likeness (QED) is 0.865. The summed E-state index contributed by atoms with van der Waals surface area (Å²) in [6.07, 6.45) is 3.80. The third-order valence-corrected chi connectivity index (χ3v) is 4.00. The van der Waals surface area contributed by atoms with Crippen molar-refractivity contribution < 1.29 is 14.7 Å². The van der Waals surface area contributed by atoms with E-state index in [-0.39, 0.29) is 11.6 Å². The van der Waals surface area contributed by atoms with Crippen LogP contribution in [0, 0.1) is 5.41 Å². The molecule has 6 heteroatoms. The van der Waals surface area contributed by atoms with Gasteiger partial charge in [-0.1, -0.05) is 18.9 Å². The number of hydrogen-bond donors (Lipinski definition) is 2. The van der Waals surface area contributed by atoms with Crippen LogP contribution in [-0.2, 0) is 4.79 Å². The summed E-state index contributed by atoms with van der Waals surface area (Å²) in [5.74, 6) is -0.437. The van der Waals surface area contributed by atoms with Crippen LogP contribution in [-0.4, -0.2) is 47.5 Å². The Morgan fingerprint density at radius 2 is 2.00 bits per heavy atom. The SMILES string of the molecule is CN(C)C(=O)C1(CNc2cccc(C(=O)O)n2)CCCC1. The Morgan fingerprint density at radius 3 is 2.57 bits per heavy atom. The normalized spacial score (nSPS) is 16.5. The standard InChI is InChI=1S/C15H21N3O3/c1-18(2)14(21)15(8-3-4-9-15)10-16-12-7-5-6-11(17-12)13(19)20/h5-7H,3-4,8-10H2,1-2H3,(H,16,17)(H,19,20). The van der Waals surface area contributed by atoms with Crippen molar-refractivity contribution >= 4 is 17.7 Å². The van der Waals surface area contributed by atoms with Gasteiger partial charge in [0.2, 0.25) is 5.91 Å². The number of carboxylic acids is 1. The van der Waals surface area contributed by atoms with Gasteiger partial charge in [0.05, 0.1) is 5.41 Å². The second-order valence-electron chi connectivity index (χ2n) is 5.75. The van der Waals surface area contributed by atoms with E-state index in [1.165, 1.54) is 6.07 Å². The number of nitrogens with zero attached hydrogens (tertiary/aromatic N) is 2. The molecule has 21 heavy (non-hydrogen) atoms. The Morgan fingerprint density at radius 1 is 1.33 bits per heavy atom. The van der Waals surface area contributed by atoms with Gasteiger partial charge in [0.15, 0.2) is 5.69 Å². The predicted octanol–water partition coefficient (Wildman–Crippen LogP) is 1.84. The third-order valence-electron chi connectivity index (χ3n) is 4.00. The lowest BCUT2D eigenvalue weighted by atomic mass is 9.84. The number of aromatic carboxylic acids is 1. The number of carbonyl (C=O) groups excluding carboxylic acids is 1. The van der Waals surface area contributed by atoms with Gasteiger partial charge in [-0.05, 0) is 25.0 Å². The molecule has 0 spiro atoms. The summed E-state index contributed by atoms with van der Waals surface area (Å²) in [4.78, 5) is 29.0. The van der Waals surface area contributed by atoms with E-state index in [9.17, 15) is 9.59 Å². The average molecular weight is 291 g/mol. The lowest BCUT2D eigenvalue weighted by Gasteiger charge is -2.31. The van der Waals surface area contributed by atoms with Crippen LogP contribution in [0.3, 0.4) is 0 Å². The van der Waals surface area contributed by atoms with E-state index < -0.39 is 11.4 Å². The highest BCUT2D eigenvalue weighted by atomic mass is 16.4. The number of anilines is 1. The first-order valence-corrected chi connectivity index (χ1v) is 7.11. The number of pyridine rings is 1. The van der Waals surface area contributed by atoms with Gasteiger partial charge in [-0.3, -0.25) is 4.79 Å². The molecule has 114 valence electrons. The van der Waals surface area contributed by atoms with Crippen molar-refractivity contribution in [2.45, 2.75) is 25.7 Å². The van der Waals surface area contributed by atoms with Gasteiger partial charge in [-0.25, -0.2) is 9.78 Å². The number of carboxylic acid groups (broad SMARTS) is 1. The van der Waals surface area contributed by atoms with Crippen molar-refractivity contribution in [2.24, 2.45) is 5.41 Å². The largest absolute Gasteiger partial charge is 0.477 e. The number of nitrogens with one attached hydrogen (secondary N) is 1. The van der Waals surface area contributed by atoms with Gasteiger partial charge in [0, 0.05) is 20.6 Å². The molecule has 0 unspecified atom stereocenters. The number of aromatic nitrogens is 1. The fourth-order valence-corrected chi connectivity index (χ4v) is 2.90. The molecular formula is C15H21N3O3. The molecule has 2 rings (SSSR count). The zero-order chi connectivity index (χ0) is 15.5. The van der Waals surface area contributed by atoms with Crippen molar-refractivity contribution in [3.63, 3.8) is 0 Å². The molecule has 1 aromatic heterocycles. The topological polar surface area (TPSA) is 82.5 Å². The Balaban J connectivity index is 2.11. The molecule has 6 nitrogen and oxygen atoms in total. The molecule has 1 fully saturated rings. The third kappa shape index (κ3) is 3.32. The molecule has 1 aliphatic carbocycles. The first-order chi connectivity index (χ1) is 9.94. The minimum atomic E-state index is -1.06. The van der Waals surface area contributed by atoms with Gasteiger partial charge in [-0.15, -0.1) is 0 Å². The lowest BCUT2D eigenvalue weighted by Crippen LogP contribution is -2.43. The molecule has 1 saturated carbocycles. The fourth-order valence-electron chi connectivity index (χ4n) is 2.90. The van der Waals surface area contributed by atoms with Gasteiger partial charge < -0.3 is 15.3 Å². The second-order valence-corrected chi connectivity index (χ2v) is 5.75. The van der Waals surface area contributed by atoms with E-state index in [0.29, 0.717) is 12.4 Å². The van der Waals surface area contributed by atoms with Crippen molar-refractivity contribution in [3.05, 3.63) is 23.9 Å². The van der Waals surface area contributed by atoms with Crippen LogP contribution in [0.1, 0.15) is 36.2 Å². The van der Waals surface area contributed by atoms with Gasteiger partial charge >= 0.3 is 5.97 Å². The van der Waals surface area contributed by atoms with Crippen molar-refractivity contribution in [1.29, 1.82) is 0 Å². The molecule has 0 aromatic carbocycles. The van der Waals surface area contributed by atoms with E-state index >= 15 is 0 Å². The van der Waals surface area contributed by atoms with Gasteiger partial charge in [0.1, 0.15) is 5.82 Å². The van der Waals surface area contributed by atoms with Crippen LogP contribution in [0.2, 0.25) is 0 Å². The van der Waals surface area contributed by atoms with Crippen LogP contribution in [0.15, 0.2) is 18.2 Å². The van der Waals surface area contributed by atoms with E-state index in [4.69, 9.17) is 5.11 Å². The van der Waals surface area contributed by atoms with E-state index in [1.54, 1.807) is 31.1 Å². The Hall–Kier alpha value is -2.11. The maximum atomic E-state index is 12.4. The summed E-state index contributed by atoms with van der Waals surface area (Å²) < 4.78 is 0. The summed E-state index contributed by atoms with van der Waals surface area (Å²) in [6.45, 7) is 0.486. The first-order valence-electron chi connectivity index (χ1n) is 7.11. The number of carbonyl (C=O) groups is 2. The van der Waals surface area contributed by atoms with Crippen LogP contribution in [0.25, 0.3) is 0 Å². The Labute approximate surface area is 124 Å². The number of hydrogen-bond acceptors (Lipinski definition) is 4. The minimum Gasteiger partial charge on any atom is -0.477 e. The Kier molecular flexibility index (Phi) is 4.45. The zero-order valence-corrected chi connectivity index (χ0v) is 12.4. The second kappa shape index (κ2) is 6.11.